The molecule has 0 aliphatic rings. The van der Waals surface area contributed by atoms with Crippen LogP contribution in [0.25, 0.3) is 6.08 Å². The van der Waals surface area contributed by atoms with E-state index in [1.54, 1.807) is 30.3 Å². The van der Waals surface area contributed by atoms with Gasteiger partial charge < -0.3 is 5.32 Å². The van der Waals surface area contributed by atoms with Crippen molar-refractivity contribution in [3.05, 3.63) is 104 Å². The van der Waals surface area contributed by atoms with Crippen molar-refractivity contribution in [3.63, 3.8) is 0 Å². The summed E-state index contributed by atoms with van der Waals surface area (Å²) in [7, 11) is 0. The number of amides is 1. The number of benzene rings is 3. The van der Waals surface area contributed by atoms with Crippen molar-refractivity contribution >= 4 is 56.8 Å². The molecule has 0 aliphatic carbocycles. The zero-order valence-electron chi connectivity index (χ0n) is 15.1. The molecule has 0 radical (unpaired) electrons. The van der Waals surface area contributed by atoms with Crippen LogP contribution in [-0.2, 0) is 11.2 Å². The van der Waals surface area contributed by atoms with E-state index in [-0.39, 0.29) is 5.57 Å². The average Bonchev–Trinajstić information content (AvgIpc) is 2.71. The number of para-hydroxylation sites is 1. The van der Waals surface area contributed by atoms with Gasteiger partial charge in [-0.1, -0.05) is 75.5 Å². The monoisotopic (exact) mass is 484 g/mol. The highest BCUT2D eigenvalue weighted by Crippen LogP contribution is 2.26. The second-order valence-corrected chi connectivity index (χ2v) is 7.95. The van der Waals surface area contributed by atoms with Crippen LogP contribution in [0.2, 0.25) is 10.0 Å². The number of rotatable bonds is 5. The molecule has 3 nitrogen and oxygen atoms in total. The lowest BCUT2D eigenvalue weighted by Crippen LogP contribution is -2.13. The third-order valence-corrected chi connectivity index (χ3v) is 5.43. The van der Waals surface area contributed by atoms with Crippen LogP contribution in [0.1, 0.15) is 16.7 Å². The summed E-state index contributed by atoms with van der Waals surface area (Å²) >= 11 is 15.8. The molecule has 6 heteroatoms. The Hall–Kier alpha value is -2.58. The lowest BCUT2D eigenvalue weighted by atomic mass is 9.98. The minimum atomic E-state index is -0.524. The first-order valence-corrected chi connectivity index (χ1v) is 10.2. The van der Waals surface area contributed by atoms with Gasteiger partial charge >= 0.3 is 0 Å². The summed E-state index contributed by atoms with van der Waals surface area (Å²) in [6.45, 7) is 0. The number of nitriles is 1. The summed E-state index contributed by atoms with van der Waals surface area (Å²) in [5.41, 5.74) is 3.09. The minimum Gasteiger partial charge on any atom is -0.320 e. The number of hydrogen-bond acceptors (Lipinski definition) is 2. The molecule has 0 saturated heterocycles. The maximum atomic E-state index is 12.6. The molecule has 144 valence electrons. The van der Waals surface area contributed by atoms with Gasteiger partial charge in [0, 0.05) is 9.50 Å². The topological polar surface area (TPSA) is 52.9 Å². The summed E-state index contributed by atoms with van der Waals surface area (Å²) in [5, 5.41) is 13.3. The van der Waals surface area contributed by atoms with Gasteiger partial charge in [-0.2, -0.15) is 5.26 Å². The normalized spacial score (nSPS) is 11.0. The van der Waals surface area contributed by atoms with E-state index >= 15 is 0 Å². The number of nitrogens with zero attached hydrogens (tertiary/aromatic N) is 1. The van der Waals surface area contributed by atoms with Gasteiger partial charge in [0.05, 0.1) is 10.7 Å². The molecule has 29 heavy (non-hydrogen) atoms. The van der Waals surface area contributed by atoms with Crippen molar-refractivity contribution < 1.29 is 4.79 Å². The van der Waals surface area contributed by atoms with E-state index in [1.165, 1.54) is 0 Å². The number of nitrogens with one attached hydrogen (secondary N) is 1. The first-order chi connectivity index (χ1) is 14.0. The third kappa shape index (κ3) is 5.48. The summed E-state index contributed by atoms with van der Waals surface area (Å²) in [4.78, 5) is 12.6. The van der Waals surface area contributed by atoms with Crippen LogP contribution < -0.4 is 5.32 Å². The second kappa shape index (κ2) is 9.76. The van der Waals surface area contributed by atoms with E-state index in [0.717, 1.165) is 21.2 Å². The van der Waals surface area contributed by atoms with E-state index in [0.29, 0.717) is 22.2 Å². The van der Waals surface area contributed by atoms with Crippen LogP contribution in [-0.4, -0.2) is 5.91 Å². The number of anilines is 1. The zero-order valence-corrected chi connectivity index (χ0v) is 18.2. The quantitative estimate of drug-likeness (QED) is 0.316. The molecule has 3 aromatic rings. The van der Waals surface area contributed by atoms with Crippen LogP contribution in [0.5, 0.6) is 0 Å². The highest BCUT2D eigenvalue weighted by molar-refractivity contribution is 9.10. The first-order valence-electron chi connectivity index (χ1n) is 8.67. The van der Waals surface area contributed by atoms with Gasteiger partial charge in [-0.3, -0.25) is 4.79 Å². The fraction of sp³-hybridized carbons (Fsp3) is 0.0435. The van der Waals surface area contributed by atoms with Gasteiger partial charge in [0.15, 0.2) is 0 Å². The molecule has 3 rings (SSSR count). The number of carbonyl (C=O) groups excluding carboxylic acids is 1. The van der Waals surface area contributed by atoms with Crippen molar-refractivity contribution in [2.45, 2.75) is 6.42 Å². The molecule has 0 heterocycles. The largest absolute Gasteiger partial charge is 0.320 e. The van der Waals surface area contributed by atoms with Gasteiger partial charge in [-0.05, 0) is 59.5 Å². The standard InChI is InChI=1S/C23H15BrCl2N2O/c24-19-10-9-15(11-16-5-1-2-6-20(16)25)17(13-19)12-18(14-27)23(29)28-22-8-4-3-7-21(22)26/h1-10,12-13H,11H2,(H,28,29)/b18-12+. The number of carbonyl (C=O) groups is 1. The summed E-state index contributed by atoms with van der Waals surface area (Å²) in [6, 6.07) is 22.2. The summed E-state index contributed by atoms with van der Waals surface area (Å²) in [5.74, 6) is -0.524. The highest BCUT2D eigenvalue weighted by atomic mass is 79.9. The lowest BCUT2D eigenvalue weighted by molar-refractivity contribution is -0.112. The Labute approximate surface area is 187 Å². The maximum absolute atomic E-state index is 12.6. The van der Waals surface area contributed by atoms with E-state index < -0.39 is 5.91 Å². The minimum absolute atomic E-state index is 0.0246. The number of hydrogen-bond donors (Lipinski definition) is 1. The smallest absolute Gasteiger partial charge is 0.266 e. The Morgan fingerprint density at radius 3 is 2.38 bits per heavy atom. The predicted molar refractivity (Wildman–Crippen MR) is 122 cm³/mol. The molecule has 1 N–H and O–H groups in total. The lowest BCUT2D eigenvalue weighted by Gasteiger charge is -2.10. The SMILES string of the molecule is N#C/C(=C\c1cc(Br)ccc1Cc1ccccc1Cl)C(=O)Nc1ccccc1Cl. The summed E-state index contributed by atoms with van der Waals surface area (Å²) in [6.07, 6.45) is 2.15. The molecule has 0 fully saturated rings. The van der Waals surface area contributed by atoms with E-state index in [2.05, 4.69) is 21.2 Å². The van der Waals surface area contributed by atoms with Gasteiger partial charge in [0.2, 0.25) is 0 Å². The van der Waals surface area contributed by atoms with Crippen LogP contribution in [0.4, 0.5) is 5.69 Å². The Morgan fingerprint density at radius 1 is 1.00 bits per heavy atom. The summed E-state index contributed by atoms with van der Waals surface area (Å²) < 4.78 is 0.843. The van der Waals surface area contributed by atoms with Gasteiger partial charge in [-0.25, -0.2) is 0 Å². The van der Waals surface area contributed by atoms with Crippen molar-refractivity contribution in [3.8, 4) is 6.07 Å². The van der Waals surface area contributed by atoms with Crippen molar-refractivity contribution in [2.24, 2.45) is 0 Å². The zero-order chi connectivity index (χ0) is 20.8. The number of halogens is 3. The molecule has 0 spiro atoms. The second-order valence-electron chi connectivity index (χ2n) is 6.22. The average molecular weight is 486 g/mol. The van der Waals surface area contributed by atoms with Crippen LogP contribution in [0, 0.1) is 11.3 Å². The first kappa shape index (κ1) is 21.1. The molecule has 0 saturated carbocycles. The molecule has 0 unspecified atom stereocenters. The maximum Gasteiger partial charge on any atom is 0.266 e. The Balaban J connectivity index is 1.94. The molecule has 1 amide bonds. The Morgan fingerprint density at radius 2 is 1.69 bits per heavy atom. The van der Waals surface area contributed by atoms with Crippen LogP contribution in [0.3, 0.4) is 0 Å². The van der Waals surface area contributed by atoms with E-state index in [1.807, 2.05) is 48.5 Å². The molecular formula is C23H15BrCl2N2O. The Kier molecular flexibility index (Phi) is 7.11. The van der Waals surface area contributed by atoms with Crippen LogP contribution in [0.15, 0.2) is 76.8 Å². The van der Waals surface area contributed by atoms with E-state index in [9.17, 15) is 10.1 Å². The van der Waals surface area contributed by atoms with Gasteiger partial charge in [-0.15, -0.1) is 0 Å². The van der Waals surface area contributed by atoms with E-state index in [4.69, 9.17) is 23.2 Å². The van der Waals surface area contributed by atoms with Crippen molar-refractivity contribution in [1.29, 1.82) is 5.26 Å². The Bertz CT molecular complexity index is 1140. The highest BCUT2D eigenvalue weighted by Gasteiger charge is 2.13. The molecule has 0 aliphatic heterocycles. The van der Waals surface area contributed by atoms with Crippen molar-refractivity contribution in [2.75, 3.05) is 5.32 Å². The fourth-order valence-corrected chi connectivity index (χ4v) is 3.53. The van der Waals surface area contributed by atoms with Crippen LogP contribution >= 0.6 is 39.1 Å². The molecule has 0 atom stereocenters. The van der Waals surface area contributed by atoms with Gasteiger partial charge in [0.1, 0.15) is 11.6 Å². The predicted octanol–water partition coefficient (Wildman–Crippen LogP) is 6.89. The third-order valence-electron chi connectivity index (χ3n) is 4.23. The fourth-order valence-electron chi connectivity index (χ4n) is 2.76. The van der Waals surface area contributed by atoms with Crippen molar-refractivity contribution in [1.82, 2.24) is 0 Å². The molecular weight excluding hydrogens is 471 g/mol. The molecule has 0 bridgehead atoms. The molecule has 3 aromatic carbocycles. The molecule has 0 aromatic heterocycles. The van der Waals surface area contributed by atoms with Gasteiger partial charge in [0.25, 0.3) is 5.91 Å².